The number of aryl methyl sites for hydroxylation is 2. The summed E-state index contributed by atoms with van der Waals surface area (Å²) in [7, 11) is 0. The van der Waals surface area contributed by atoms with Crippen molar-refractivity contribution in [1.29, 1.82) is 0 Å². The predicted molar refractivity (Wildman–Crippen MR) is 105 cm³/mol. The molecular formula is C21H19FN4O3. The molecule has 7 nitrogen and oxygen atoms in total. The van der Waals surface area contributed by atoms with Crippen LogP contribution >= 0.6 is 0 Å². The highest BCUT2D eigenvalue weighted by molar-refractivity contribution is 5.91. The minimum atomic E-state index is -0.462. The molecule has 1 aromatic carbocycles. The van der Waals surface area contributed by atoms with E-state index in [1.165, 1.54) is 12.3 Å². The molecule has 0 saturated heterocycles. The zero-order chi connectivity index (χ0) is 20.5. The maximum Gasteiger partial charge on any atom is 0.283 e. The maximum atomic E-state index is 14.0. The van der Waals surface area contributed by atoms with Gasteiger partial charge in [0.1, 0.15) is 12.4 Å². The molecule has 0 spiro atoms. The summed E-state index contributed by atoms with van der Waals surface area (Å²) in [4.78, 5) is 12.5. The van der Waals surface area contributed by atoms with Crippen LogP contribution in [0.5, 0.6) is 0 Å². The Morgan fingerprint density at radius 1 is 1.14 bits per heavy atom. The second-order valence-electron chi connectivity index (χ2n) is 6.79. The van der Waals surface area contributed by atoms with Crippen LogP contribution in [0.25, 0.3) is 23.1 Å². The van der Waals surface area contributed by atoms with Crippen LogP contribution in [0.4, 0.5) is 10.1 Å². The van der Waals surface area contributed by atoms with Gasteiger partial charge in [-0.25, -0.2) is 4.39 Å². The number of rotatable bonds is 5. The standard InChI is InChI=1S/C21H19FN4O3/c1-12-6-7-17(16(22)9-12)23-19(27)11-26-13(2)10-15(14(26)3)20-24-25-21(29-20)18-5-4-8-28-18/h4-10H,11H2,1-3H3,(H,23,27). The molecule has 0 aliphatic heterocycles. The van der Waals surface area contributed by atoms with Gasteiger partial charge in [0.15, 0.2) is 5.76 Å². The molecule has 0 fully saturated rings. The second-order valence-corrected chi connectivity index (χ2v) is 6.79. The van der Waals surface area contributed by atoms with Gasteiger partial charge in [-0.2, -0.15) is 0 Å². The van der Waals surface area contributed by atoms with Crippen molar-refractivity contribution in [1.82, 2.24) is 14.8 Å². The zero-order valence-electron chi connectivity index (χ0n) is 16.2. The van der Waals surface area contributed by atoms with Gasteiger partial charge in [0, 0.05) is 11.4 Å². The van der Waals surface area contributed by atoms with Gasteiger partial charge in [-0.1, -0.05) is 6.07 Å². The summed E-state index contributed by atoms with van der Waals surface area (Å²) in [6.07, 6.45) is 1.53. The third kappa shape index (κ3) is 3.69. The summed E-state index contributed by atoms with van der Waals surface area (Å²) in [5, 5.41) is 10.7. The molecule has 0 aliphatic rings. The molecule has 4 aromatic rings. The molecule has 0 bridgehead atoms. The van der Waals surface area contributed by atoms with Crippen molar-refractivity contribution < 1.29 is 18.0 Å². The van der Waals surface area contributed by atoms with E-state index in [1.54, 1.807) is 31.2 Å². The van der Waals surface area contributed by atoms with Crippen LogP contribution in [0.2, 0.25) is 0 Å². The topological polar surface area (TPSA) is 86.1 Å². The van der Waals surface area contributed by atoms with Gasteiger partial charge in [-0.05, 0) is 56.7 Å². The van der Waals surface area contributed by atoms with Crippen LogP contribution in [-0.2, 0) is 11.3 Å². The third-order valence-electron chi connectivity index (χ3n) is 4.66. The summed E-state index contributed by atoms with van der Waals surface area (Å²) < 4.78 is 26.8. The number of hydrogen-bond donors (Lipinski definition) is 1. The zero-order valence-corrected chi connectivity index (χ0v) is 16.2. The lowest BCUT2D eigenvalue weighted by molar-refractivity contribution is -0.116. The quantitative estimate of drug-likeness (QED) is 0.539. The number of carbonyl (C=O) groups excluding carboxylic acids is 1. The summed E-state index contributed by atoms with van der Waals surface area (Å²) in [6, 6.07) is 10.0. The number of hydrogen-bond acceptors (Lipinski definition) is 5. The van der Waals surface area contributed by atoms with Gasteiger partial charge in [0.25, 0.3) is 5.89 Å². The number of carbonyl (C=O) groups is 1. The smallest absolute Gasteiger partial charge is 0.283 e. The molecular weight excluding hydrogens is 375 g/mol. The Balaban J connectivity index is 1.55. The normalized spacial score (nSPS) is 11.0. The summed E-state index contributed by atoms with van der Waals surface area (Å²) in [6.45, 7) is 5.56. The van der Waals surface area contributed by atoms with Crippen molar-refractivity contribution in [3.63, 3.8) is 0 Å². The Kier molecular flexibility index (Phi) is 4.75. The van der Waals surface area contributed by atoms with Crippen molar-refractivity contribution in [2.24, 2.45) is 0 Å². The Bertz CT molecular complexity index is 1170. The molecule has 0 aliphatic carbocycles. The van der Waals surface area contributed by atoms with Crippen molar-refractivity contribution >= 4 is 11.6 Å². The first-order valence-corrected chi connectivity index (χ1v) is 9.03. The largest absolute Gasteiger partial charge is 0.459 e. The average molecular weight is 394 g/mol. The first kappa shape index (κ1) is 18.7. The number of nitrogens with one attached hydrogen (secondary N) is 1. The van der Waals surface area contributed by atoms with Crippen LogP contribution in [0.3, 0.4) is 0 Å². The fourth-order valence-electron chi connectivity index (χ4n) is 3.15. The van der Waals surface area contributed by atoms with Crippen molar-refractivity contribution in [2.75, 3.05) is 5.32 Å². The molecule has 3 heterocycles. The van der Waals surface area contributed by atoms with Crippen LogP contribution < -0.4 is 5.32 Å². The number of benzene rings is 1. The fourth-order valence-corrected chi connectivity index (χ4v) is 3.15. The van der Waals surface area contributed by atoms with E-state index in [4.69, 9.17) is 8.83 Å². The van der Waals surface area contributed by atoms with Gasteiger partial charge in [0.05, 0.1) is 17.5 Å². The van der Waals surface area contributed by atoms with E-state index < -0.39 is 5.82 Å². The van der Waals surface area contributed by atoms with E-state index in [2.05, 4.69) is 15.5 Å². The molecule has 0 unspecified atom stereocenters. The predicted octanol–water partition coefficient (Wildman–Crippen LogP) is 4.50. The number of amides is 1. The van der Waals surface area contributed by atoms with E-state index in [1.807, 2.05) is 24.5 Å². The SMILES string of the molecule is Cc1ccc(NC(=O)Cn2c(C)cc(-c3nnc(-c4ccco4)o3)c2C)c(F)c1. The maximum absolute atomic E-state index is 14.0. The Labute approximate surface area is 166 Å². The van der Waals surface area contributed by atoms with E-state index in [9.17, 15) is 9.18 Å². The van der Waals surface area contributed by atoms with Crippen LogP contribution in [-0.4, -0.2) is 20.7 Å². The molecule has 148 valence electrons. The second kappa shape index (κ2) is 7.38. The molecule has 3 aromatic heterocycles. The molecule has 4 rings (SSSR count). The highest BCUT2D eigenvalue weighted by atomic mass is 19.1. The molecule has 0 saturated carbocycles. The van der Waals surface area contributed by atoms with Crippen LogP contribution in [0.1, 0.15) is 17.0 Å². The fraction of sp³-hybridized carbons (Fsp3) is 0.190. The highest BCUT2D eigenvalue weighted by Gasteiger charge is 2.19. The first-order chi connectivity index (χ1) is 13.9. The average Bonchev–Trinajstić information content (AvgIpc) is 3.41. The first-order valence-electron chi connectivity index (χ1n) is 9.03. The third-order valence-corrected chi connectivity index (χ3v) is 4.66. The highest BCUT2D eigenvalue weighted by Crippen LogP contribution is 2.29. The lowest BCUT2D eigenvalue weighted by atomic mass is 10.2. The van der Waals surface area contributed by atoms with Crippen LogP contribution in [0, 0.1) is 26.6 Å². The molecule has 0 radical (unpaired) electrons. The van der Waals surface area contributed by atoms with Crippen molar-refractivity contribution in [3.8, 4) is 23.1 Å². The minimum absolute atomic E-state index is 0.0319. The van der Waals surface area contributed by atoms with Crippen molar-refractivity contribution in [3.05, 3.63) is 65.4 Å². The number of aromatic nitrogens is 3. The number of halogens is 1. The number of anilines is 1. The summed E-state index contributed by atoms with van der Waals surface area (Å²) >= 11 is 0. The number of nitrogens with zero attached hydrogens (tertiary/aromatic N) is 3. The summed E-state index contributed by atoms with van der Waals surface area (Å²) in [5.74, 6) is 0.305. The molecule has 8 heteroatoms. The van der Waals surface area contributed by atoms with Gasteiger partial charge in [-0.3, -0.25) is 4.79 Å². The Morgan fingerprint density at radius 3 is 2.66 bits per heavy atom. The van der Waals surface area contributed by atoms with Gasteiger partial charge < -0.3 is 18.7 Å². The number of furan rings is 1. The molecule has 29 heavy (non-hydrogen) atoms. The summed E-state index contributed by atoms with van der Waals surface area (Å²) in [5.41, 5.74) is 3.30. The molecule has 0 atom stereocenters. The van der Waals surface area contributed by atoms with E-state index in [-0.39, 0.29) is 24.0 Å². The Hall–Kier alpha value is -3.68. The van der Waals surface area contributed by atoms with Gasteiger partial charge >= 0.3 is 0 Å². The van der Waals surface area contributed by atoms with E-state index in [0.29, 0.717) is 11.7 Å². The minimum Gasteiger partial charge on any atom is -0.459 e. The van der Waals surface area contributed by atoms with Gasteiger partial charge in [-0.15, -0.1) is 10.2 Å². The Morgan fingerprint density at radius 2 is 1.93 bits per heavy atom. The lowest BCUT2D eigenvalue weighted by Crippen LogP contribution is -2.20. The van der Waals surface area contributed by atoms with Gasteiger partial charge in [0.2, 0.25) is 11.8 Å². The van der Waals surface area contributed by atoms with Crippen molar-refractivity contribution in [2.45, 2.75) is 27.3 Å². The lowest BCUT2D eigenvalue weighted by Gasteiger charge is -2.11. The monoisotopic (exact) mass is 394 g/mol. The molecule has 1 amide bonds. The molecule has 1 N–H and O–H groups in total. The van der Waals surface area contributed by atoms with E-state index >= 15 is 0 Å². The van der Waals surface area contributed by atoms with Crippen LogP contribution in [0.15, 0.2) is 51.5 Å². The van der Waals surface area contributed by atoms with E-state index in [0.717, 1.165) is 22.5 Å².